The summed E-state index contributed by atoms with van der Waals surface area (Å²) in [4.78, 5) is 24.1. The van der Waals surface area contributed by atoms with E-state index in [1.165, 1.54) is 18.7 Å². The van der Waals surface area contributed by atoms with Crippen molar-refractivity contribution in [2.75, 3.05) is 5.75 Å². The molecule has 1 N–H and O–H groups in total. The fourth-order valence-corrected chi connectivity index (χ4v) is 3.12. The second-order valence-corrected chi connectivity index (χ2v) is 6.58. The summed E-state index contributed by atoms with van der Waals surface area (Å²) in [5.74, 6) is 0.682. The first kappa shape index (κ1) is 18.9. The number of aromatic nitrogens is 3. The first-order valence-electron chi connectivity index (χ1n) is 7.98. The van der Waals surface area contributed by atoms with E-state index in [0.29, 0.717) is 18.1 Å². The van der Waals surface area contributed by atoms with Gasteiger partial charge in [0.2, 0.25) is 5.91 Å². The van der Waals surface area contributed by atoms with Crippen LogP contribution in [-0.2, 0) is 22.6 Å². The maximum Gasteiger partial charge on any atom is 0.231 e. The fraction of sp³-hybridized carbons (Fsp3) is 0.333. The quantitative estimate of drug-likeness (QED) is 0.549. The molecule has 25 heavy (non-hydrogen) atoms. The average molecular weight is 358 g/mol. The number of nitrogens with one attached hydrogen (secondary N) is 1. The number of aryl methyl sites for hydroxylation is 1. The van der Waals surface area contributed by atoms with Crippen LogP contribution in [0.2, 0.25) is 0 Å². The van der Waals surface area contributed by atoms with Crippen molar-refractivity contribution >= 4 is 23.5 Å². The number of Topliss-reactive ketones (excluding diaryl/α,β-unsaturated/α-hetero) is 1. The maximum absolute atomic E-state index is 12.2. The molecule has 1 aromatic heterocycles. The molecule has 0 aliphatic rings. The molecule has 0 aliphatic carbocycles. The van der Waals surface area contributed by atoms with E-state index in [1.54, 1.807) is 6.08 Å². The molecular formula is C18H22N4O2S. The standard InChI is InChI=1S/C18H22N4O2S/c1-4-10-22-14(3)20-21-18(22)25-12-17(24)19-16(13(2)23)11-15-8-6-5-7-9-15/h4-9,16H,1,10-12H2,2-3H3,(H,19,24)/t16-/m1/s1. The van der Waals surface area contributed by atoms with Crippen molar-refractivity contribution < 1.29 is 9.59 Å². The summed E-state index contributed by atoms with van der Waals surface area (Å²) in [5.41, 5.74) is 1.01. The molecule has 0 bridgehead atoms. The molecule has 1 amide bonds. The molecule has 132 valence electrons. The van der Waals surface area contributed by atoms with Crippen LogP contribution in [0, 0.1) is 6.92 Å². The van der Waals surface area contributed by atoms with E-state index >= 15 is 0 Å². The van der Waals surface area contributed by atoms with Crippen molar-refractivity contribution in [3.63, 3.8) is 0 Å². The zero-order valence-corrected chi connectivity index (χ0v) is 15.3. The SMILES string of the molecule is C=CCn1c(C)nnc1SCC(=O)N[C@H](Cc1ccccc1)C(C)=O. The van der Waals surface area contributed by atoms with Crippen LogP contribution in [-0.4, -0.2) is 38.2 Å². The number of ketones is 1. The van der Waals surface area contributed by atoms with E-state index in [1.807, 2.05) is 41.8 Å². The number of carbonyl (C=O) groups is 2. The molecule has 7 heteroatoms. The van der Waals surface area contributed by atoms with Gasteiger partial charge in [0.15, 0.2) is 10.9 Å². The number of amides is 1. The minimum atomic E-state index is -0.525. The summed E-state index contributed by atoms with van der Waals surface area (Å²) in [6, 6.07) is 9.11. The Kier molecular flexibility index (Phi) is 6.94. The Morgan fingerprint density at radius 2 is 2.04 bits per heavy atom. The Hall–Kier alpha value is -2.41. The lowest BCUT2D eigenvalue weighted by Gasteiger charge is -2.16. The largest absolute Gasteiger partial charge is 0.345 e. The summed E-state index contributed by atoms with van der Waals surface area (Å²) in [7, 11) is 0. The Bertz CT molecular complexity index is 743. The number of rotatable bonds is 9. The van der Waals surface area contributed by atoms with E-state index in [0.717, 1.165) is 11.4 Å². The Morgan fingerprint density at radius 1 is 1.32 bits per heavy atom. The van der Waals surface area contributed by atoms with Crippen LogP contribution in [0.25, 0.3) is 0 Å². The van der Waals surface area contributed by atoms with E-state index < -0.39 is 6.04 Å². The van der Waals surface area contributed by atoms with E-state index in [4.69, 9.17) is 0 Å². The molecule has 0 spiro atoms. The third-order valence-electron chi connectivity index (χ3n) is 3.65. The lowest BCUT2D eigenvalue weighted by molar-refractivity contribution is -0.125. The van der Waals surface area contributed by atoms with Crippen molar-refractivity contribution in [2.24, 2.45) is 0 Å². The van der Waals surface area contributed by atoms with Crippen molar-refractivity contribution in [1.29, 1.82) is 0 Å². The maximum atomic E-state index is 12.2. The van der Waals surface area contributed by atoms with Gasteiger partial charge in [0.05, 0.1) is 11.8 Å². The second kappa shape index (κ2) is 9.17. The van der Waals surface area contributed by atoms with Gasteiger partial charge < -0.3 is 9.88 Å². The summed E-state index contributed by atoms with van der Waals surface area (Å²) in [6.07, 6.45) is 2.24. The number of allylic oxidation sites excluding steroid dienone is 1. The molecule has 2 rings (SSSR count). The normalized spacial score (nSPS) is 11.8. The van der Waals surface area contributed by atoms with Crippen molar-refractivity contribution in [3.05, 3.63) is 54.4 Å². The first-order valence-corrected chi connectivity index (χ1v) is 8.97. The monoisotopic (exact) mass is 358 g/mol. The molecule has 0 saturated heterocycles. The highest BCUT2D eigenvalue weighted by atomic mass is 32.2. The van der Waals surface area contributed by atoms with Gasteiger partial charge >= 0.3 is 0 Å². The number of nitrogens with zero attached hydrogens (tertiary/aromatic N) is 3. The molecule has 6 nitrogen and oxygen atoms in total. The summed E-state index contributed by atoms with van der Waals surface area (Å²) in [5, 5.41) is 11.6. The van der Waals surface area contributed by atoms with Gasteiger partial charge in [-0.2, -0.15) is 0 Å². The predicted octanol–water partition coefficient (Wildman–Crippen LogP) is 2.18. The molecule has 0 aliphatic heterocycles. The summed E-state index contributed by atoms with van der Waals surface area (Å²) < 4.78 is 1.89. The van der Waals surface area contributed by atoms with Crippen LogP contribution in [0.4, 0.5) is 0 Å². The second-order valence-electron chi connectivity index (χ2n) is 5.64. The zero-order chi connectivity index (χ0) is 18.2. The summed E-state index contributed by atoms with van der Waals surface area (Å²) in [6.45, 7) is 7.64. The van der Waals surface area contributed by atoms with Crippen LogP contribution in [0.1, 0.15) is 18.3 Å². The van der Waals surface area contributed by atoms with Gasteiger partial charge in [-0.3, -0.25) is 9.59 Å². The molecule has 0 radical (unpaired) electrons. The van der Waals surface area contributed by atoms with Crippen LogP contribution in [0.15, 0.2) is 48.1 Å². The Labute approximate surface area is 151 Å². The van der Waals surface area contributed by atoms with Crippen LogP contribution < -0.4 is 5.32 Å². The van der Waals surface area contributed by atoms with Crippen LogP contribution >= 0.6 is 11.8 Å². The Balaban J connectivity index is 1.93. The van der Waals surface area contributed by atoms with Gasteiger partial charge in [-0.25, -0.2) is 0 Å². The van der Waals surface area contributed by atoms with Gasteiger partial charge in [-0.1, -0.05) is 48.2 Å². The molecule has 0 unspecified atom stereocenters. The van der Waals surface area contributed by atoms with E-state index in [2.05, 4.69) is 22.1 Å². The highest BCUT2D eigenvalue weighted by Gasteiger charge is 2.18. The average Bonchev–Trinajstić information content (AvgIpc) is 2.94. The number of thioether (sulfide) groups is 1. The number of carbonyl (C=O) groups excluding carboxylic acids is 2. The van der Waals surface area contributed by atoms with Gasteiger partial charge in [-0.05, 0) is 25.8 Å². The third kappa shape index (κ3) is 5.56. The minimum Gasteiger partial charge on any atom is -0.345 e. The number of hydrogen-bond acceptors (Lipinski definition) is 5. The van der Waals surface area contributed by atoms with Crippen molar-refractivity contribution in [2.45, 2.75) is 38.0 Å². The lowest BCUT2D eigenvalue weighted by Crippen LogP contribution is -2.42. The van der Waals surface area contributed by atoms with E-state index in [9.17, 15) is 9.59 Å². The predicted molar refractivity (Wildman–Crippen MR) is 98.4 cm³/mol. The van der Waals surface area contributed by atoms with Crippen molar-refractivity contribution in [1.82, 2.24) is 20.1 Å². The number of hydrogen-bond donors (Lipinski definition) is 1. The van der Waals surface area contributed by atoms with Crippen molar-refractivity contribution in [3.8, 4) is 0 Å². The molecule has 1 aromatic carbocycles. The zero-order valence-electron chi connectivity index (χ0n) is 14.4. The highest BCUT2D eigenvalue weighted by molar-refractivity contribution is 7.99. The van der Waals surface area contributed by atoms with Gasteiger partial charge in [-0.15, -0.1) is 16.8 Å². The Morgan fingerprint density at radius 3 is 2.68 bits per heavy atom. The topological polar surface area (TPSA) is 76.9 Å². The molecule has 1 heterocycles. The fourth-order valence-electron chi connectivity index (χ4n) is 2.32. The molecule has 0 saturated carbocycles. The molecular weight excluding hydrogens is 336 g/mol. The highest BCUT2D eigenvalue weighted by Crippen LogP contribution is 2.16. The minimum absolute atomic E-state index is 0.0622. The third-order valence-corrected chi connectivity index (χ3v) is 4.62. The van der Waals surface area contributed by atoms with Crippen LogP contribution in [0.3, 0.4) is 0 Å². The number of benzene rings is 1. The van der Waals surface area contributed by atoms with Gasteiger partial charge in [0.1, 0.15) is 5.82 Å². The van der Waals surface area contributed by atoms with Gasteiger partial charge in [0, 0.05) is 6.54 Å². The summed E-state index contributed by atoms with van der Waals surface area (Å²) >= 11 is 1.29. The van der Waals surface area contributed by atoms with Gasteiger partial charge in [0.25, 0.3) is 0 Å². The molecule has 1 atom stereocenters. The molecule has 2 aromatic rings. The first-order chi connectivity index (χ1) is 12.0. The lowest BCUT2D eigenvalue weighted by atomic mass is 10.0. The van der Waals surface area contributed by atoms with Crippen LogP contribution in [0.5, 0.6) is 0 Å². The van der Waals surface area contributed by atoms with E-state index in [-0.39, 0.29) is 17.4 Å². The smallest absolute Gasteiger partial charge is 0.231 e. The molecule has 0 fully saturated rings.